The summed E-state index contributed by atoms with van der Waals surface area (Å²) in [6.45, 7) is 14.6. The van der Waals surface area contributed by atoms with Crippen LogP contribution in [0.5, 0.6) is 0 Å². The van der Waals surface area contributed by atoms with Gasteiger partial charge < -0.3 is 16.0 Å². The average molecular weight is 447 g/mol. The minimum Gasteiger partial charge on any atom is -0.350 e. The minimum atomic E-state index is -0.677. The van der Waals surface area contributed by atoms with Crippen LogP contribution in [0.25, 0.3) is 0 Å². The van der Waals surface area contributed by atoms with E-state index in [4.69, 9.17) is 0 Å². The molecule has 33 heavy (non-hydrogen) atoms. The first-order chi connectivity index (χ1) is 15.3. The van der Waals surface area contributed by atoms with E-state index >= 15 is 0 Å². The third-order valence-corrected chi connectivity index (χ3v) is 5.52. The van der Waals surface area contributed by atoms with Crippen molar-refractivity contribution in [1.29, 1.82) is 0 Å². The van der Waals surface area contributed by atoms with E-state index in [0.29, 0.717) is 17.0 Å². The van der Waals surface area contributed by atoms with Gasteiger partial charge in [-0.25, -0.2) is 4.99 Å². The second kappa shape index (κ2) is 9.22. The molecular weight excluding hydrogens is 412 g/mol. The van der Waals surface area contributed by atoms with Crippen molar-refractivity contribution in [3.05, 3.63) is 82.6 Å². The summed E-state index contributed by atoms with van der Waals surface area (Å²) >= 11 is 0. The van der Waals surface area contributed by atoms with Crippen molar-refractivity contribution < 1.29 is 9.59 Å². The van der Waals surface area contributed by atoms with Crippen molar-refractivity contribution in [2.24, 2.45) is 4.99 Å². The number of aliphatic imine (C=N–C) groups is 1. The standard InChI is InChI=1S/C27H34N4O2/c1-17-16-22(29-23(32)18-8-12-20(13-9-18)26(2,3)4)30-25(28-17)31-24(33)19-10-14-21(15-11-19)27(5,6)7/h8-16,25,28H,1-7H3,(H,31,33)(H,29,30,32). The molecule has 0 radical (unpaired) electrons. The quantitative estimate of drug-likeness (QED) is 0.643. The third-order valence-electron chi connectivity index (χ3n) is 5.52. The molecule has 2 aromatic carbocycles. The highest BCUT2D eigenvalue weighted by Gasteiger charge is 2.20. The van der Waals surface area contributed by atoms with Crippen LogP contribution in [0.1, 0.15) is 80.3 Å². The third kappa shape index (κ3) is 6.31. The molecule has 0 bridgehead atoms. The summed E-state index contributed by atoms with van der Waals surface area (Å²) in [7, 11) is 0. The Morgan fingerprint density at radius 2 is 1.24 bits per heavy atom. The summed E-state index contributed by atoms with van der Waals surface area (Å²) in [5.74, 6) is -0.0950. The maximum absolute atomic E-state index is 12.7. The Balaban J connectivity index is 1.67. The van der Waals surface area contributed by atoms with Crippen molar-refractivity contribution in [2.45, 2.75) is 65.6 Å². The monoisotopic (exact) mass is 446 g/mol. The zero-order valence-electron chi connectivity index (χ0n) is 20.5. The molecule has 3 N–H and O–H groups in total. The van der Waals surface area contributed by atoms with E-state index in [0.717, 1.165) is 16.8 Å². The molecule has 3 rings (SSSR count). The number of benzene rings is 2. The zero-order chi connectivity index (χ0) is 24.4. The first kappa shape index (κ1) is 24.2. The summed E-state index contributed by atoms with van der Waals surface area (Å²) in [6.07, 6.45) is 1.06. The number of nitrogens with zero attached hydrogens (tertiary/aromatic N) is 1. The van der Waals surface area contributed by atoms with Crippen LogP contribution in [-0.2, 0) is 10.8 Å². The Morgan fingerprint density at radius 3 is 1.70 bits per heavy atom. The van der Waals surface area contributed by atoms with Gasteiger partial charge in [0.15, 0.2) is 6.29 Å². The van der Waals surface area contributed by atoms with Gasteiger partial charge in [0.1, 0.15) is 5.84 Å². The average Bonchev–Trinajstić information content (AvgIpc) is 2.72. The number of hydrogen-bond acceptors (Lipinski definition) is 4. The molecule has 0 aromatic heterocycles. The summed E-state index contributed by atoms with van der Waals surface area (Å²) in [4.78, 5) is 29.9. The van der Waals surface area contributed by atoms with Gasteiger partial charge in [-0.05, 0) is 59.2 Å². The lowest BCUT2D eigenvalue weighted by Crippen LogP contribution is -2.47. The number of allylic oxidation sites excluding steroid dienone is 1. The first-order valence-corrected chi connectivity index (χ1v) is 11.2. The van der Waals surface area contributed by atoms with Crippen LogP contribution in [0.4, 0.5) is 0 Å². The van der Waals surface area contributed by atoms with Gasteiger partial charge in [0.05, 0.1) is 0 Å². The van der Waals surface area contributed by atoms with Gasteiger partial charge >= 0.3 is 0 Å². The molecule has 0 spiro atoms. The zero-order valence-corrected chi connectivity index (χ0v) is 20.5. The highest BCUT2D eigenvalue weighted by atomic mass is 16.2. The Labute approximate surface area is 196 Å². The molecule has 1 atom stereocenters. The molecular formula is C27H34N4O2. The van der Waals surface area contributed by atoms with Crippen molar-refractivity contribution in [1.82, 2.24) is 16.0 Å². The Kier molecular flexibility index (Phi) is 6.77. The molecule has 6 heteroatoms. The van der Waals surface area contributed by atoms with Gasteiger partial charge in [0, 0.05) is 16.8 Å². The van der Waals surface area contributed by atoms with E-state index in [1.807, 2.05) is 55.5 Å². The van der Waals surface area contributed by atoms with Crippen molar-refractivity contribution >= 4 is 17.6 Å². The van der Waals surface area contributed by atoms with Gasteiger partial charge in [0.2, 0.25) is 0 Å². The highest BCUT2D eigenvalue weighted by Crippen LogP contribution is 2.23. The molecule has 0 fully saturated rings. The van der Waals surface area contributed by atoms with Crippen LogP contribution >= 0.6 is 0 Å². The number of hydrogen-bond donors (Lipinski definition) is 3. The summed E-state index contributed by atoms with van der Waals surface area (Å²) in [6, 6.07) is 15.1. The first-order valence-electron chi connectivity index (χ1n) is 11.2. The van der Waals surface area contributed by atoms with Crippen LogP contribution in [0.15, 0.2) is 65.3 Å². The maximum Gasteiger partial charge on any atom is 0.256 e. The molecule has 0 aliphatic carbocycles. The van der Waals surface area contributed by atoms with Gasteiger partial charge in [-0.3, -0.25) is 9.59 Å². The molecule has 6 nitrogen and oxygen atoms in total. The van der Waals surface area contributed by atoms with E-state index in [1.165, 1.54) is 0 Å². The van der Waals surface area contributed by atoms with Crippen LogP contribution < -0.4 is 16.0 Å². The fraction of sp³-hybridized carbons (Fsp3) is 0.370. The Bertz CT molecular complexity index is 1080. The number of carbonyl (C=O) groups is 2. The fourth-order valence-corrected chi connectivity index (χ4v) is 3.45. The number of carbonyl (C=O) groups excluding carboxylic acids is 2. The predicted octanol–water partition coefficient (Wildman–Crippen LogP) is 4.63. The number of amides is 2. The molecule has 174 valence electrons. The maximum atomic E-state index is 12.7. The topological polar surface area (TPSA) is 82.6 Å². The molecule has 1 unspecified atom stereocenters. The van der Waals surface area contributed by atoms with Gasteiger partial charge in [0.25, 0.3) is 11.8 Å². The van der Waals surface area contributed by atoms with Crippen LogP contribution in [0.3, 0.4) is 0 Å². The molecule has 1 aliphatic heterocycles. The van der Waals surface area contributed by atoms with Gasteiger partial charge in [-0.15, -0.1) is 0 Å². The lowest BCUT2D eigenvalue weighted by molar-refractivity contribution is 0.0933. The Hall–Kier alpha value is -3.41. The number of rotatable bonds is 3. The Morgan fingerprint density at radius 1 is 0.788 bits per heavy atom. The van der Waals surface area contributed by atoms with Crippen molar-refractivity contribution in [2.75, 3.05) is 0 Å². The van der Waals surface area contributed by atoms with Crippen molar-refractivity contribution in [3.63, 3.8) is 0 Å². The highest BCUT2D eigenvalue weighted by molar-refractivity contribution is 6.10. The molecule has 1 aliphatic rings. The normalized spacial score (nSPS) is 16.3. The van der Waals surface area contributed by atoms with Crippen molar-refractivity contribution in [3.8, 4) is 0 Å². The summed E-state index contributed by atoms with van der Waals surface area (Å²) < 4.78 is 0. The summed E-state index contributed by atoms with van der Waals surface area (Å²) in [5, 5.41) is 8.81. The van der Waals surface area contributed by atoms with Gasteiger partial charge in [-0.2, -0.15) is 0 Å². The van der Waals surface area contributed by atoms with E-state index < -0.39 is 6.29 Å². The second-order valence-corrected chi connectivity index (χ2v) is 10.5. The molecule has 2 aromatic rings. The molecule has 2 amide bonds. The van der Waals surface area contributed by atoms with E-state index in [1.54, 1.807) is 6.08 Å². The van der Waals surface area contributed by atoms with E-state index in [9.17, 15) is 9.59 Å². The van der Waals surface area contributed by atoms with Gasteiger partial charge in [-0.1, -0.05) is 65.8 Å². The SMILES string of the molecule is CC1=CC(NC(=O)c2ccc(C(C)(C)C)cc2)=NC(NC(=O)c2ccc(C(C)(C)C)cc2)N1. The number of nitrogens with one attached hydrogen (secondary N) is 3. The number of amidine groups is 1. The molecule has 0 saturated carbocycles. The van der Waals surface area contributed by atoms with Crippen LogP contribution in [0.2, 0.25) is 0 Å². The lowest BCUT2D eigenvalue weighted by atomic mass is 9.86. The molecule has 1 heterocycles. The van der Waals surface area contributed by atoms with Crippen LogP contribution in [0, 0.1) is 0 Å². The van der Waals surface area contributed by atoms with E-state index in [2.05, 4.69) is 62.5 Å². The second-order valence-electron chi connectivity index (χ2n) is 10.5. The fourth-order valence-electron chi connectivity index (χ4n) is 3.45. The predicted molar refractivity (Wildman–Crippen MR) is 133 cm³/mol. The molecule has 0 saturated heterocycles. The smallest absolute Gasteiger partial charge is 0.256 e. The largest absolute Gasteiger partial charge is 0.350 e. The van der Waals surface area contributed by atoms with Crippen LogP contribution in [-0.4, -0.2) is 23.9 Å². The van der Waals surface area contributed by atoms with E-state index in [-0.39, 0.29) is 22.6 Å². The lowest BCUT2D eigenvalue weighted by Gasteiger charge is -2.23. The minimum absolute atomic E-state index is 0.0201. The summed E-state index contributed by atoms with van der Waals surface area (Å²) in [5.41, 5.74) is 4.25.